The number of carbonyl (C=O) groups is 2. The molecule has 0 saturated carbocycles. The molecule has 0 aliphatic heterocycles. The number of benzene rings is 1. The van der Waals surface area contributed by atoms with Crippen LogP contribution in [0.3, 0.4) is 0 Å². The average molecular weight is 211 g/mol. The van der Waals surface area contributed by atoms with Crippen LogP contribution in [0.5, 0.6) is 0 Å². The first-order valence-electron chi connectivity index (χ1n) is 3.81. The summed E-state index contributed by atoms with van der Waals surface area (Å²) in [4.78, 5) is 24.1. The lowest BCUT2D eigenvalue weighted by Crippen LogP contribution is -2.01. The normalized spacial score (nSPS) is 10.5. The largest absolute Gasteiger partial charge is 0.478 e. The van der Waals surface area contributed by atoms with Crippen LogP contribution in [0.25, 0.3) is 0 Å². The summed E-state index contributed by atoms with van der Waals surface area (Å²) in [6, 6.07) is 3.42. The Morgan fingerprint density at radius 3 is 2.53 bits per heavy atom. The van der Waals surface area contributed by atoms with Gasteiger partial charge in [0, 0.05) is 0 Å². The van der Waals surface area contributed by atoms with E-state index in [1.165, 1.54) is 12.1 Å². The molecule has 0 fully saturated rings. The van der Waals surface area contributed by atoms with Gasteiger partial charge in [0.25, 0.3) is 0 Å². The van der Waals surface area contributed by atoms with Crippen molar-refractivity contribution in [3.63, 3.8) is 0 Å². The zero-order chi connectivity index (χ0) is 11.4. The monoisotopic (exact) mass is 211 g/mol. The molecule has 0 radical (unpaired) electrons. The molecule has 0 bridgehead atoms. The van der Waals surface area contributed by atoms with Crippen LogP contribution in [0.1, 0.15) is 10.4 Å². The molecule has 0 aliphatic carbocycles. The van der Waals surface area contributed by atoms with Crippen molar-refractivity contribution in [2.24, 2.45) is 4.99 Å². The van der Waals surface area contributed by atoms with E-state index in [0.29, 0.717) is 6.21 Å². The maximum absolute atomic E-state index is 13.0. The number of carboxylic acid groups (broad SMARTS) is 2. The fraction of sp³-hybridized carbons (Fsp3) is 0. The second kappa shape index (κ2) is 4.32. The maximum Gasteiger partial charge on any atom is 0.346 e. The summed E-state index contributed by atoms with van der Waals surface area (Å²) in [5.74, 6) is -3.79. The average Bonchev–Trinajstić information content (AvgIpc) is 2.13. The Morgan fingerprint density at radius 2 is 2.00 bits per heavy atom. The number of hydrogen-bond acceptors (Lipinski definition) is 3. The van der Waals surface area contributed by atoms with E-state index in [9.17, 15) is 14.0 Å². The minimum absolute atomic E-state index is 0.232. The summed E-state index contributed by atoms with van der Waals surface area (Å²) >= 11 is 0. The second-order valence-corrected chi connectivity index (χ2v) is 2.54. The van der Waals surface area contributed by atoms with Gasteiger partial charge in [0.05, 0.1) is 5.69 Å². The van der Waals surface area contributed by atoms with Crippen LogP contribution < -0.4 is 0 Å². The fourth-order valence-electron chi connectivity index (χ4n) is 0.957. The third-order valence-electron chi connectivity index (χ3n) is 1.52. The summed E-state index contributed by atoms with van der Waals surface area (Å²) in [6.07, 6.45) is 0.501. The highest BCUT2D eigenvalue weighted by Crippen LogP contribution is 2.21. The number of hydrogen-bond donors (Lipinski definition) is 2. The van der Waals surface area contributed by atoms with Crippen molar-refractivity contribution in [3.05, 3.63) is 29.6 Å². The first-order chi connectivity index (χ1) is 7.02. The number of aliphatic imine (C=N–C) groups is 1. The third-order valence-corrected chi connectivity index (χ3v) is 1.52. The highest BCUT2D eigenvalue weighted by molar-refractivity contribution is 6.22. The number of aromatic carboxylic acids is 1. The van der Waals surface area contributed by atoms with Crippen LogP contribution >= 0.6 is 0 Å². The van der Waals surface area contributed by atoms with Gasteiger partial charge in [-0.2, -0.15) is 0 Å². The Bertz CT molecular complexity index is 442. The van der Waals surface area contributed by atoms with Crippen LogP contribution in [0.2, 0.25) is 0 Å². The Labute approximate surface area is 83.5 Å². The Hall–Kier alpha value is -2.24. The van der Waals surface area contributed by atoms with Gasteiger partial charge in [0.15, 0.2) is 0 Å². The molecular weight excluding hydrogens is 205 g/mol. The molecule has 2 N–H and O–H groups in total. The van der Waals surface area contributed by atoms with Crippen molar-refractivity contribution in [2.45, 2.75) is 0 Å². The number of rotatable bonds is 3. The van der Waals surface area contributed by atoms with Gasteiger partial charge in [-0.25, -0.2) is 19.0 Å². The molecule has 1 rings (SSSR count). The standard InChI is InChI=1S/C9H6FNO4/c10-5-2-1-3-6(8(5)9(14)15)11-4-7(12)13/h1-4H,(H,12,13)(H,14,15). The lowest BCUT2D eigenvalue weighted by atomic mass is 10.1. The first-order valence-corrected chi connectivity index (χ1v) is 3.81. The molecule has 0 aromatic heterocycles. The van der Waals surface area contributed by atoms with Crippen molar-refractivity contribution in [2.75, 3.05) is 0 Å². The summed E-state index contributed by atoms with van der Waals surface area (Å²) in [7, 11) is 0. The van der Waals surface area contributed by atoms with E-state index in [4.69, 9.17) is 10.2 Å². The second-order valence-electron chi connectivity index (χ2n) is 2.54. The van der Waals surface area contributed by atoms with E-state index in [2.05, 4.69) is 4.99 Å². The molecule has 1 aromatic rings. The topological polar surface area (TPSA) is 87.0 Å². The molecule has 78 valence electrons. The molecule has 1 aromatic carbocycles. The molecule has 0 spiro atoms. The van der Waals surface area contributed by atoms with E-state index in [1.807, 2.05) is 0 Å². The van der Waals surface area contributed by atoms with Crippen molar-refractivity contribution in [1.82, 2.24) is 0 Å². The van der Waals surface area contributed by atoms with E-state index >= 15 is 0 Å². The van der Waals surface area contributed by atoms with Gasteiger partial charge in [0.1, 0.15) is 17.6 Å². The van der Waals surface area contributed by atoms with Crippen LogP contribution in [-0.4, -0.2) is 28.4 Å². The van der Waals surface area contributed by atoms with Crippen molar-refractivity contribution < 1.29 is 24.2 Å². The summed E-state index contributed by atoms with van der Waals surface area (Å²) in [5, 5.41) is 16.9. The zero-order valence-electron chi connectivity index (χ0n) is 7.35. The number of aliphatic carboxylic acids is 1. The number of nitrogens with zero attached hydrogens (tertiary/aromatic N) is 1. The van der Waals surface area contributed by atoms with Crippen molar-refractivity contribution in [3.8, 4) is 0 Å². The SMILES string of the molecule is O=C(O)C=Nc1cccc(F)c1C(=O)O. The molecule has 0 amide bonds. The van der Waals surface area contributed by atoms with Gasteiger partial charge < -0.3 is 10.2 Å². The summed E-state index contributed by atoms with van der Waals surface area (Å²) in [5.41, 5.74) is -0.875. The minimum Gasteiger partial charge on any atom is -0.478 e. The maximum atomic E-state index is 13.0. The van der Waals surface area contributed by atoms with Gasteiger partial charge in [-0.1, -0.05) is 6.07 Å². The first kappa shape index (κ1) is 10.8. The molecule has 15 heavy (non-hydrogen) atoms. The Morgan fingerprint density at radius 1 is 1.33 bits per heavy atom. The third kappa shape index (κ3) is 2.60. The number of carboxylic acids is 2. The predicted octanol–water partition coefficient (Wildman–Crippen LogP) is 1.31. The van der Waals surface area contributed by atoms with Gasteiger partial charge in [-0.3, -0.25) is 0 Å². The molecule has 0 unspecified atom stereocenters. The van der Waals surface area contributed by atoms with Crippen LogP contribution in [0, 0.1) is 5.82 Å². The van der Waals surface area contributed by atoms with Crippen molar-refractivity contribution in [1.29, 1.82) is 0 Å². The van der Waals surface area contributed by atoms with Crippen LogP contribution in [0.15, 0.2) is 23.2 Å². The van der Waals surface area contributed by atoms with Gasteiger partial charge in [-0.05, 0) is 12.1 Å². The quantitative estimate of drug-likeness (QED) is 0.738. The van der Waals surface area contributed by atoms with Gasteiger partial charge in [0.2, 0.25) is 0 Å². The van der Waals surface area contributed by atoms with Crippen LogP contribution in [-0.2, 0) is 4.79 Å². The van der Waals surface area contributed by atoms with E-state index in [0.717, 1.165) is 6.07 Å². The molecular formula is C9H6FNO4. The highest BCUT2D eigenvalue weighted by Gasteiger charge is 2.14. The molecule has 0 aliphatic rings. The van der Waals surface area contributed by atoms with E-state index < -0.39 is 23.3 Å². The van der Waals surface area contributed by atoms with E-state index in [1.54, 1.807) is 0 Å². The highest BCUT2D eigenvalue weighted by atomic mass is 19.1. The number of halogens is 1. The molecule has 0 heterocycles. The zero-order valence-corrected chi connectivity index (χ0v) is 7.35. The molecule has 0 atom stereocenters. The minimum atomic E-state index is -1.49. The smallest absolute Gasteiger partial charge is 0.346 e. The molecule has 5 nitrogen and oxygen atoms in total. The fourth-order valence-corrected chi connectivity index (χ4v) is 0.957. The molecule has 6 heteroatoms. The summed E-state index contributed by atoms with van der Waals surface area (Å²) < 4.78 is 13.0. The van der Waals surface area contributed by atoms with E-state index in [-0.39, 0.29) is 5.69 Å². The lowest BCUT2D eigenvalue weighted by molar-refractivity contribution is -0.128. The molecule has 0 saturated heterocycles. The Kier molecular flexibility index (Phi) is 3.12. The van der Waals surface area contributed by atoms with Crippen molar-refractivity contribution >= 4 is 23.8 Å². The predicted molar refractivity (Wildman–Crippen MR) is 49.1 cm³/mol. The summed E-state index contributed by atoms with van der Waals surface area (Å²) in [6.45, 7) is 0. The Balaban J connectivity index is 3.23. The van der Waals surface area contributed by atoms with Gasteiger partial charge >= 0.3 is 11.9 Å². The van der Waals surface area contributed by atoms with Gasteiger partial charge in [-0.15, -0.1) is 0 Å². The van der Waals surface area contributed by atoms with Crippen LogP contribution in [0.4, 0.5) is 10.1 Å². The lowest BCUT2D eigenvalue weighted by Gasteiger charge is -2.00.